The molecule has 1 aliphatic rings. The summed E-state index contributed by atoms with van der Waals surface area (Å²) in [6, 6.07) is 0.271. The third kappa shape index (κ3) is 3.26. The van der Waals surface area contributed by atoms with Crippen LogP contribution < -0.4 is 0 Å². The summed E-state index contributed by atoms with van der Waals surface area (Å²) < 4.78 is 5.20. The largest absolute Gasteiger partial charge is 0.395 e. The Morgan fingerprint density at radius 3 is 3.18 bits per heavy atom. The number of likely N-dealkylation sites (tertiary alicyclic amines) is 1. The van der Waals surface area contributed by atoms with Crippen LogP contribution >= 0.6 is 0 Å². The van der Waals surface area contributed by atoms with Crippen molar-refractivity contribution in [2.45, 2.75) is 51.6 Å². The van der Waals surface area contributed by atoms with E-state index in [2.05, 4.69) is 22.0 Å². The van der Waals surface area contributed by atoms with Gasteiger partial charge < -0.3 is 9.63 Å². The maximum Gasteiger partial charge on any atom is 0.226 e. The first-order valence-corrected chi connectivity index (χ1v) is 6.50. The molecule has 2 rings (SSSR count). The van der Waals surface area contributed by atoms with E-state index in [-0.39, 0.29) is 12.6 Å². The zero-order valence-electron chi connectivity index (χ0n) is 10.4. The van der Waals surface area contributed by atoms with Crippen LogP contribution in [0.4, 0.5) is 0 Å². The molecular formula is C12H21N3O2. The SMILES string of the molecule is CCCCc1nc(CN2CCC[C@@H]2CO)no1. The molecule has 1 aliphatic heterocycles. The third-order valence-corrected chi connectivity index (χ3v) is 3.31. The Morgan fingerprint density at radius 2 is 2.41 bits per heavy atom. The van der Waals surface area contributed by atoms with Crippen molar-refractivity contribution in [3.8, 4) is 0 Å². The lowest BCUT2D eigenvalue weighted by atomic mass is 10.2. The molecule has 1 N–H and O–H groups in total. The Bertz CT molecular complexity index is 340. The summed E-state index contributed by atoms with van der Waals surface area (Å²) in [5.41, 5.74) is 0. The van der Waals surface area contributed by atoms with Crippen LogP contribution in [0, 0.1) is 0 Å². The number of aryl methyl sites for hydroxylation is 1. The van der Waals surface area contributed by atoms with E-state index in [1.807, 2.05) is 0 Å². The Hall–Kier alpha value is -0.940. The fourth-order valence-corrected chi connectivity index (χ4v) is 2.28. The van der Waals surface area contributed by atoms with Crippen LogP contribution in [0.15, 0.2) is 4.52 Å². The van der Waals surface area contributed by atoms with Crippen LogP contribution in [0.25, 0.3) is 0 Å². The first-order valence-electron chi connectivity index (χ1n) is 6.50. The van der Waals surface area contributed by atoms with E-state index in [0.717, 1.165) is 50.4 Å². The van der Waals surface area contributed by atoms with Crippen molar-refractivity contribution in [1.29, 1.82) is 0 Å². The predicted molar refractivity (Wildman–Crippen MR) is 63.4 cm³/mol. The average molecular weight is 239 g/mol. The maximum atomic E-state index is 9.23. The number of unbranched alkanes of at least 4 members (excludes halogenated alkanes) is 1. The van der Waals surface area contributed by atoms with Crippen molar-refractivity contribution in [3.05, 3.63) is 11.7 Å². The van der Waals surface area contributed by atoms with Gasteiger partial charge >= 0.3 is 0 Å². The molecular weight excluding hydrogens is 218 g/mol. The monoisotopic (exact) mass is 239 g/mol. The molecule has 1 aromatic rings. The molecule has 5 heteroatoms. The Labute approximate surface area is 102 Å². The van der Waals surface area contributed by atoms with Crippen LogP contribution in [0.3, 0.4) is 0 Å². The minimum atomic E-state index is 0.223. The van der Waals surface area contributed by atoms with Gasteiger partial charge in [0.2, 0.25) is 5.89 Å². The van der Waals surface area contributed by atoms with Gasteiger partial charge in [0.05, 0.1) is 13.2 Å². The number of aliphatic hydroxyl groups is 1. The number of rotatable bonds is 6. The predicted octanol–water partition coefficient (Wildman–Crippen LogP) is 1.37. The van der Waals surface area contributed by atoms with Crippen molar-refractivity contribution in [2.24, 2.45) is 0 Å². The van der Waals surface area contributed by atoms with Gasteiger partial charge in [-0.05, 0) is 25.8 Å². The highest BCUT2D eigenvalue weighted by Crippen LogP contribution is 2.18. The van der Waals surface area contributed by atoms with Crippen LogP contribution in [0.5, 0.6) is 0 Å². The quantitative estimate of drug-likeness (QED) is 0.812. The van der Waals surface area contributed by atoms with Gasteiger partial charge in [-0.25, -0.2) is 0 Å². The summed E-state index contributed by atoms with van der Waals surface area (Å²) in [5.74, 6) is 1.48. The van der Waals surface area contributed by atoms with Crippen molar-refractivity contribution in [2.75, 3.05) is 13.2 Å². The standard InChI is InChI=1S/C12H21N3O2/c1-2-3-6-12-13-11(14-17-12)8-15-7-4-5-10(15)9-16/h10,16H,2-9H2,1H3/t10-/m1/s1. The summed E-state index contributed by atoms with van der Waals surface area (Å²) >= 11 is 0. The van der Waals surface area contributed by atoms with Gasteiger partial charge in [0.1, 0.15) is 0 Å². The van der Waals surface area contributed by atoms with Crippen LogP contribution in [-0.4, -0.2) is 39.3 Å². The van der Waals surface area contributed by atoms with Gasteiger partial charge in [-0.1, -0.05) is 18.5 Å². The second kappa shape index (κ2) is 6.12. The third-order valence-electron chi connectivity index (χ3n) is 3.31. The molecule has 0 bridgehead atoms. The van der Waals surface area contributed by atoms with Crippen LogP contribution in [0.1, 0.15) is 44.3 Å². The maximum absolute atomic E-state index is 9.23. The molecule has 5 nitrogen and oxygen atoms in total. The first-order chi connectivity index (χ1) is 8.33. The van der Waals surface area contributed by atoms with Gasteiger partial charge in [-0.15, -0.1) is 0 Å². The van der Waals surface area contributed by atoms with E-state index in [4.69, 9.17) is 4.52 Å². The Kier molecular flexibility index (Phi) is 4.50. The van der Waals surface area contributed by atoms with Gasteiger partial charge in [0.15, 0.2) is 5.82 Å². The molecule has 0 aromatic carbocycles. The minimum Gasteiger partial charge on any atom is -0.395 e. The Morgan fingerprint density at radius 1 is 1.53 bits per heavy atom. The Balaban J connectivity index is 1.87. The number of aliphatic hydroxyl groups excluding tert-OH is 1. The fourth-order valence-electron chi connectivity index (χ4n) is 2.28. The lowest BCUT2D eigenvalue weighted by Gasteiger charge is -2.20. The van der Waals surface area contributed by atoms with Crippen molar-refractivity contribution < 1.29 is 9.63 Å². The summed E-state index contributed by atoms with van der Waals surface area (Å²) in [7, 11) is 0. The van der Waals surface area contributed by atoms with Crippen molar-refractivity contribution in [3.63, 3.8) is 0 Å². The summed E-state index contributed by atoms with van der Waals surface area (Å²) in [6.45, 7) is 4.08. The molecule has 1 atom stereocenters. The number of hydrogen-bond donors (Lipinski definition) is 1. The molecule has 0 unspecified atom stereocenters. The molecule has 0 spiro atoms. The van der Waals surface area contributed by atoms with Gasteiger partial charge in [-0.2, -0.15) is 4.98 Å². The molecule has 1 fully saturated rings. The summed E-state index contributed by atoms with van der Waals surface area (Å²) in [5, 5.41) is 13.2. The van der Waals surface area contributed by atoms with E-state index in [9.17, 15) is 5.11 Å². The molecule has 0 radical (unpaired) electrons. The molecule has 0 saturated carbocycles. The molecule has 17 heavy (non-hydrogen) atoms. The number of hydrogen-bond acceptors (Lipinski definition) is 5. The van der Waals surface area contributed by atoms with Gasteiger partial charge in [-0.3, -0.25) is 4.90 Å². The lowest BCUT2D eigenvalue weighted by molar-refractivity contribution is 0.150. The number of nitrogens with zero attached hydrogens (tertiary/aromatic N) is 3. The van der Waals surface area contributed by atoms with E-state index >= 15 is 0 Å². The topological polar surface area (TPSA) is 62.4 Å². The van der Waals surface area contributed by atoms with E-state index in [1.54, 1.807) is 0 Å². The van der Waals surface area contributed by atoms with Crippen molar-refractivity contribution in [1.82, 2.24) is 15.0 Å². The highest BCUT2D eigenvalue weighted by atomic mass is 16.5. The highest BCUT2D eigenvalue weighted by molar-refractivity contribution is 4.89. The van der Waals surface area contributed by atoms with Crippen molar-refractivity contribution >= 4 is 0 Å². The summed E-state index contributed by atoms with van der Waals surface area (Å²) in [6.07, 6.45) is 5.30. The second-order valence-electron chi connectivity index (χ2n) is 4.66. The molecule has 0 amide bonds. The first kappa shape index (κ1) is 12.5. The smallest absolute Gasteiger partial charge is 0.226 e. The zero-order valence-corrected chi connectivity index (χ0v) is 10.4. The average Bonchev–Trinajstić information content (AvgIpc) is 2.96. The van der Waals surface area contributed by atoms with E-state index in [1.165, 1.54) is 0 Å². The molecule has 96 valence electrons. The van der Waals surface area contributed by atoms with Crippen LogP contribution in [-0.2, 0) is 13.0 Å². The van der Waals surface area contributed by atoms with Gasteiger partial charge in [0.25, 0.3) is 0 Å². The number of aromatic nitrogens is 2. The summed E-state index contributed by atoms with van der Waals surface area (Å²) in [4.78, 5) is 6.61. The molecule has 2 heterocycles. The molecule has 0 aliphatic carbocycles. The normalized spacial score (nSPS) is 21.2. The highest BCUT2D eigenvalue weighted by Gasteiger charge is 2.25. The molecule has 1 saturated heterocycles. The lowest BCUT2D eigenvalue weighted by Crippen LogP contribution is -2.31. The molecule has 1 aromatic heterocycles. The fraction of sp³-hybridized carbons (Fsp3) is 0.833. The minimum absolute atomic E-state index is 0.223. The van der Waals surface area contributed by atoms with E-state index < -0.39 is 0 Å². The zero-order chi connectivity index (χ0) is 12.1. The van der Waals surface area contributed by atoms with E-state index in [0.29, 0.717) is 6.54 Å². The van der Waals surface area contributed by atoms with Gasteiger partial charge in [0, 0.05) is 12.5 Å². The van der Waals surface area contributed by atoms with Crippen LogP contribution in [0.2, 0.25) is 0 Å². The second-order valence-corrected chi connectivity index (χ2v) is 4.66.